The first-order chi connectivity index (χ1) is 7.50. The predicted octanol–water partition coefficient (Wildman–Crippen LogP) is 3.45. The molecule has 0 amide bonds. The molecule has 1 aromatic rings. The monoisotopic (exact) mass is 234 g/mol. The second-order valence-electron chi connectivity index (χ2n) is 5.18. The van der Waals surface area contributed by atoms with Crippen molar-refractivity contribution in [2.24, 2.45) is 5.92 Å². The molecule has 3 heteroatoms. The summed E-state index contributed by atoms with van der Waals surface area (Å²) in [4.78, 5) is 1.34. The normalized spacial score (nSPS) is 24.2. The standard InChI is InChI=1S/C13H18N2S/c1-8(2)13(3)6-4-5-10-11(13)9(7-14)12(15)16-10/h8H,4-6,15H2,1-3H3/t13-/m1/s1. The van der Waals surface area contributed by atoms with Gasteiger partial charge in [-0.3, -0.25) is 0 Å². The van der Waals surface area contributed by atoms with Crippen molar-refractivity contribution in [3.8, 4) is 6.07 Å². The fourth-order valence-corrected chi connectivity index (χ4v) is 3.91. The van der Waals surface area contributed by atoms with Gasteiger partial charge in [0, 0.05) is 4.88 Å². The van der Waals surface area contributed by atoms with Crippen LogP contribution >= 0.6 is 11.3 Å². The Kier molecular flexibility index (Phi) is 2.71. The van der Waals surface area contributed by atoms with Crippen molar-refractivity contribution < 1.29 is 0 Å². The van der Waals surface area contributed by atoms with Crippen LogP contribution < -0.4 is 5.73 Å². The third-order valence-corrected chi connectivity index (χ3v) is 5.14. The number of hydrogen-bond acceptors (Lipinski definition) is 3. The van der Waals surface area contributed by atoms with Crippen molar-refractivity contribution in [2.75, 3.05) is 5.73 Å². The summed E-state index contributed by atoms with van der Waals surface area (Å²) in [7, 11) is 0. The minimum Gasteiger partial charge on any atom is -0.389 e. The van der Waals surface area contributed by atoms with Gasteiger partial charge in [-0.25, -0.2) is 0 Å². The lowest BCUT2D eigenvalue weighted by Crippen LogP contribution is -2.32. The Morgan fingerprint density at radius 1 is 1.50 bits per heavy atom. The van der Waals surface area contributed by atoms with Gasteiger partial charge in [0.15, 0.2) is 0 Å². The molecule has 1 aliphatic rings. The zero-order valence-corrected chi connectivity index (χ0v) is 10.9. The lowest BCUT2D eigenvalue weighted by atomic mass is 9.66. The molecule has 1 heterocycles. The Labute approximate surface area is 101 Å². The summed E-state index contributed by atoms with van der Waals surface area (Å²) in [5.41, 5.74) is 8.08. The van der Waals surface area contributed by atoms with Crippen LogP contribution in [0.15, 0.2) is 0 Å². The summed E-state index contributed by atoms with van der Waals surface area (Å²) < 4.78 is 0. The molecular formula is C13H18N2S. The van der Waals surface area contributed by atoms with Crippen LogP contribution in [0.3, 0.4) is 0 Å². The molecular weight excluding hydrogens is 216 g/mol. The summed E-state index contributed by atoms with van der Waals surface area (Å²) in [6, 6.07) is 2.30. The molecule has 0 fully saturated rings. The number of aryl methyl sites for hydroxylation is 1. The highest BCUT2D eigenvalue weighted by Crippen LogP contribution is 2.48. The van der Waals surface area contributed by atoms with Crippen LogP contribution in [-0.2, 0) is 11.8 Å². The number of hydrogen-bond donors (Lipinski definition) is 1. The van der Waals surface area contributed by atoms with Gasteiger partial charge >= 0.3 is 0 Å². The quantitative estimate of drug-likeness (QED) is 0.809. The molecule has 0 saturated carbocycles. The Balaban J connectivity index is 2.66. The van der Waals surface area contributed by atoms with Crippen LogP contribution in [0.1, 0.15) is 49.6 Å². The second-order valence-corrected chi connectivity index (χ2v) is 6.31. The molecule has 2 N–H and O–H groups in total. The molecule has 2 rings (SSSR count). The minimum atomic E-state index is 0.132. The highest BCUT2D eigenvalue weighted by molar-refractivity contribution is 7.16. The first-order valence-corrected chi connectivity index (χ1v) is 6.64. The largest absolute Gasteiger partial charge is 0.389 e. The molecule has 0 aromatic carbocycles. The lowest BCUT2D eigenvalue weighted by Gasteiger charge is -2.38. The van der Waals surface area contributed by atoms with Gasteiger partial charge in [0.25, 0.3) is 0 Å². The summed E-state index contributed by atoms with van der Waals surface area (Å²) in [5, 5.41) is 9.96. The number of nitrogen functional groups attached to an aromatic ring is 1. The van der Waals surface area contributed by atoms with Gasteiger partial charge in [0.05, 0.1) is 5.56 Å². The van der Waals surface area contributed by atoms with E-state index in [1.54, 1.807) is 11.3 Å². The number of fused-ring (bicyclic) bond motifs is 1. The van der Waals surface area contributed by atoms with Gasteiger partial charge in [-0.1, -0.05) is 20.8 Å². The maximum atomic E-state index is 9.25. The average Bonchev–Trinajstić information content (AvgIpc) is 2.55. The fraction of sp³-hybridized carbons (Fsp3) is 0.615. The van der Waals surface area contributed by atoms with E-state index in [4.69, 9.17) is 5.73 Å². The van der Waals surface area contributed by atoms with E-state index in [2.05, 4.69) is 26.8 Å². The molecule has 0 unspecified atom stereocenters. The lowest BCUT2D eigenvalue weighted by molar-refractivity contribution is 0.292. The Morgan fingerprint density at radius 2 is 2.19 bits per heavy atom. The van der Waals surface area contributed by atoms with Crippen LogP contribution in [0.2, 0.25) is 0 Å². The first-order valence-electron chi connectivity index (χ1n) is 5.82. The van der Waals surface area contributed by atoms with Crippen LogP contribution in [0.25, 0.3) is 0 Å². The highest BCUT2D eigenvalue weighted by atomic mass is 32.1. The van der Waals surface area contributed by atoms with Crippen molar-refractivity contribution in [3.05, 3.63) is 16.0 Å². The molecule has 0 radical (unpaired) electrons. The Bertz CT molecular complexity index is 453. The molecule has 0 bridgehead atoms. The van der Waals surface area contributed by atoms with E-state index in [-0.39, 0.29) is 5.41 Å². The predicted molar refractivity (Wildman–Crippen MR) is 68.6 cm³/mol. The van der Waals surface area contributed by atoms with E-state index in [0.29, 0.717) is 10.9 Å². The average molecular weight is 234 g/mol. The van der Waals surface area contributed by atoms with E-state index >= 15 is 0 Å². The highest BCUT2D eigenvalue weighted by Gasteiger charge is 2.39. The topological polar surface area (TPSA) is 49.8 Å². The van der Waals surface area contributed by atoms with Gasteiger partial charge < -0.3 is 5.73 Å². The number of nitrogens with zero attached hydrogens (tertiary/aromatic N) is 1. The third-order valence-electron chi connectivity index (χ3n) is 4.07. The van der Waals surface area contributed by atoms with Crippen molar-refractivity contribution in [1.29, 1.82) is 5.26 Å². The van der Waals surface area contributed by atoms with E-state index in [1.165, 1.54) is 23.3 Å². The molecule has 0 spiro atoms. The molecule has 2 nitrogen and oxygen atoms in total. The van der Waals surface area contributed by atoms with Gasteiger partial charge in [0.2, 0.25) is 0 Å². The van der Waals surface area contributed by atoms with Crippen molar-refractivity contribution >= 4 is 16.3 Å². The third kappa shape index (κ3) is 1.44. The first kappa shape index (κ1) is 11.5. The summed E-state index contributed by atoms with van der Waals surface area (Å²) in [6.07, 6.45) is 3.48. The van der Waals surface area contributed by atoms with E-state index in [0.717, 1.165) is 12.0 Å². The van der Waals surface area contributed by atoms with E-state index in [1.807, 2.05) is 0 Å². The second kappa shape index (κ2) is 3.78. The molecule has 1 aliphatic carbocycles. The number of thiophene rings is 1. The molecule has 16 heavy (non-hydrogen) atoms. The summed E-state index contributed by atoms with van der Waals surface area (Å²) in [6.45, 7) is 6.76. The van der Waals surface area contributed by atoms with Crippen LogP contribution in [-0.4, -0.2) is 0 Å². The van der Waals surface area contributed by atoms with Crippen molar-refractivity contribution in [2.45, 2.75) is 45.4 Å². The smallest absolute Gasteiger partial charge is 0.104 e. The number of rotatable bonds is 1. The van der Waals surface area contributed by atoms with Crippen LogP contribution in [0.4, 0.5) is 5.00 Å². The van der Waals surface area contributed by atoms with Gasteiger partial charge in [-0.2, -0.15) is 5.26 Å². The summed E-state index contributed by atoms with van der Waals surface area (Å²) >= 11 is 1.62. The Morgan fingerprint density at radius 3 is 2.75 bits per heavy atom. The fourth-order valence-electron chi connectivity index (χ4n) is 2.71. The molecule has 0 saturated heterocycles. The zero-order chi connectivity index (χ0) is 11.9. The van der Waals surface area contributed by atoms with Gasteiger partial charge in [0.1, 0.15) is 11.1 Å². The SMILES string of the molecule is CC(C)[C@@]1(C)CCCc2sc(N)c(C#N)c21. The maximum Gasteiger partial charge on any atom is 0.104 e. The van der Waals surface area contributed by atoms with Crippen molar-refractivity contribution in [1.82, 2.24) is 0 Å². The van der Waals surface area contributed by atoms with Gasteiger partial charge in [-0.15, -0.1) is 11.3 Å². The molecule has 1 atom stereocenters. The van der Waals surface area contributed by atoms with Crippen molar-refractivity contribution in [3.63, 3.8) is 0 Å². The number of nitrogens with two attached hydrogens (primary N) is 1. The molecule has 86 valence electrons. The van der Waals surface area contributed by atoms with E-state index < -0.39 is 0 Å². The zero-order valence-electron chi connectivity index (χ0n) is 10.1. The van der Waals surface area contributed by atoms with Gasteiger partial charge in [-0.05, 0) is 36.2 Å². The number of anilines is 1. The minimum absolute atomic E-state index is 0.132. The number of nitriles is 1. The Hall–Kier alpha value is -1.01. The van der Waals surface area contributed by atoms with Crippen LogP contribution in [0, 0.1) is 17.2 Å². The maximum absolute atomic E-state index is 9.25. The van der Waals surface area contributed by atoms with E-state index in [9.17, 15) is 5.26 Å². The summed E-state index contributed by atoms with van der Waals surface area (Å²) in [5.74, 6) is 0.549. The van der Waals surface area contributed by atoms with Crippen LogP contribution in [0.5, 0.6) is 0 Å². The molecule has 1 aromatic heterocycles. The molecule has 0 aliphatic heterocycles.